The molecule has 0 aliphatic heterocycles. The molecule has 2 aromatic rings. The zero-order chi connectivity index (χ0) is 15.9. The molecule has 2 aromatic carbocycles. The maximum absolute atomic E-state index is 5.98. The number of halogens is 1. The highest BCUT2D eigenvalue weighted by molar-refractivity contribution is 6.31. The normalized spacial score (nSPS) is 10.5. The first-order valence-corrected chi connectivity index (χ1v) is 7.82. The summed E-state index contributed by atoms with van der Waals surface area (Å²) >= 11 is 5.98. The lowest BCUT2D eigenvalue weighted by Gasteiger charge is -2.09. The van der Waals surface area contributed by atoms with E-state index in [9.17, 15) is 0 Å². The Balaban J connectivity index is 1.65. The third-order valence-electron chi connectivity index (χ3n) is 3.46. The largest absolute Gasteiger partial charge is 0.494 e. The lowest BCUT2D eigenvalue weighted by molar-refractivity contribution is 0.266. The minimum Gasteiger partial charge on any atom is -0.494 e. The van der Waals surface area contributed by atoms with Crippen LogP contribution in [-0.2, 0) is 0 Å². The molecule has 0 fully saturated rings. The van der Waals surface area contributed by atoms with Gasteiger partial charge in [0, 0.05) is 16.8 Å². The van der Waals surface area contributed by atoms with E-state index in [-0.39, 0.29) is 0 Å². The van der Waals surface area contributed by atoms with Crippen LogP contribution in [0.25, 0.3) is 0 Å². The first-order chi connectivity index (χ1) is 10.6. The van der Waals surface area contributed by atoms with Gasteiger partial charge in [0.2, 0.25) is 0 Å². The molecule has 3 nitrogen and oxygen atoms in total. The third-order valence-corrected chi connectivity index (χ3v) is 3.88. The van der Waals surface area contributed by atoms with Crippen LogP contribution in [0.2, 0.25) is 5.02 Å². The van der Waals surface area contributed by atoms with E-state index in [1.807, 2.05) is 50.2 Å². The smallest absolute Gasteiger partial charge is 0.121 e. The molecule has 0 aliphatic rings. The lowest BCUT2D eigenvalue weighted by Crippen LogP contribution is -2.03. The molecular formula is C18H22ClNO2. The first-order valence-electron chi connectivity index (χ1n) is 7.44. The Kier molecular flexibility index (Phi) is 5.96. The van der Waals surface area contributed by atoms with E-state index < -0.39 is 0 Å². The van der Waals surface area contributed by atoms with Crippen LogP contribution in [0.5, 0.6) is 11.5 Å². The molecule has 0 atom stereocenters. The fourth-order valence-corrected chi connectivity index (χ4v) is 2.12. The van der Waals surface area contributed by atoms with E-state index >= 15 is 0 Å². The molecule has 2 N–H and O–H groups in total. The van der Waals surface area contributed by atoms with Gasteiger partial charge in [-0.25, -0.2) is 0 Å². The SMILES string of the molecule is Cc1ccc(OCCCCOc2ccc(Cl)c(C)c2)cc1N. The van der Waals surface area contributed by atoms with E-state index in [2.05, 4.69) is 0 Å². The van der Waals surface area contributed by atoms with Gasteiger partial charge in [0.25, 0.3) is 0 Å². The van der Waals surface area contributed by atoms with Gasteiger partial charge in [0.15, 0.2) is 0 Å². The monoisotopic (exact) mass is 319 g/mol. The molecule has 0 heterocycles. The van der Waals surface area contributed by atoms with Crippen molar-refractivity contribution in [2.24, 2.45) is 0 Å². The van der Waals surface area contributed by atoms with Gasteiger partial charge in [-0.3, -0.25) is 0 Å². The Morgan fingerprint density at radius 3 is 2.05 bits per heavy atom. The fourth-order valence-electron chi connectivity index (χ4n) is 2.00. The maximum Gasteiger partial charge on any atom is 0.121 e. The molecule has 22 heavy (non-hydrogen) atoms. The minimum atomic E-state index is 0.658. The lowest BCUT2D eigenvalue weighted by atomic mass is 10.2. The summed E-state index contributed by atoms with van der Waals surface area (Å²) in [6.07, 6.45) is 1.86. The second kappa shape index (κ2) is 7.95. The van der Waals surface area contributed by atoms with Crippen LogP contribution in [-0.4, -0.2) is 13.2 Å². The molecule has 0 saturated heterocycles. The molecule has 0 amide bonds. The van der Waals surface area contributed by atoms with Crippen molar-refractivity contribution in [2.75, 3.05) is 18.9 Å². The number of ether oxygens (including phenoxy) is 2. The Morgan fingerprint density at radius 1 is 0.864 bits per heavy atom. The highest BCUT2D eigenvalue weighted by atomic mass is 35.5. The van der Waals surface area contributed by atoms with Crippen LogP contribution in [0.4, 0.5) is 5.69 Å². The van der Waals surface area contributed by atoms with Crippen molar-refractivity contribution in [3.63, 3.8) is 0 Å². The van der Waals surface area contributed by atoms with Crippen LogP contribution < -0.4 is 15.2 Å². The first kappa shape index (κ1) is 16.5. The number of hydrogen-bond acceptors (Lipinski definition) is 3. The molecule has 0 unspecified atom stereocenters. The van der Waals surface area contributed by atoms with Gasteiger partial charge in [-0.2, -0.15) is 0 Å². The molecule has 0 saturated carbocycles. The van der Waals surface area contributed by atoms with E-state index in [1.165, 1.54) is 0 Å². The Hall–Kier alpha value is -1.87. The number of benzene rings is 2. The van der Waals surface area contributed by atoms with E-state index in [4.69, 9.17) is 26.8 Å². The predicted octanol–water partition coefficient (Wildman–Crippen LogP) is 4.78. The number of rotatable bonds is 7. The van der Waals surface area contributed by atoms with Crippen molar-refractivity contribution in [3.8, 4) is 11.5 Å². The average molecular weight is 320 g/mol. The van der Waals surface area contributed by atoms with Crippen molar-refractivity contribution in [3.05, 3.63) is 52.5 Å². The zero-order valence-corrected chi connectivity index (χ0v) is 13.8. The van der Waals surface area contributed by atoms with Crippen molar-refractivity contribution in [2.45, 2.75) is 26.7 Å². The van der Waals surface area contributed by atoms with Crippen molar-refractivity contribution < 1.29 is 9.47 Å². The number of nitrogen functional groups attached to an aromatic ring is 1. The van der Waals surface area contributed by atoms with Crippen LogP contribution >= 0.6 is 11.6 Å². The van der Waals surface area contributed by atoms with Crippen LogP contribution in [0.1, 0.15) is 24.0 Å². The van der Waals surface area contributed by atoms with Crippen LogP contribution in [0.3, 0.4) is 0 Å². The molecule has 0 bridgehead atoms. The summed E-state index contributed by atoms with van der Waals surface area (Å²) in [7, 11) is 0. The second-order valence-corrected chi connectivity index (χ2v) is 5.74. The number of hydrogen-bond donors (Lipinski definition) is 1. The molecule has 2 rings (SSSR count). The van der Waals surface area contributed by atoms with Crippen molar-refractivity contribution in [1.29, 1.82) is 0 Å². The Labute approximate surface area is 137 Å². The van der Waals surface area contributed by atoms with E-state index in [0.29, 0.717) is 13.2 Å². The van der Waals surface area contributed by atoms with Crippen LogP contribution in [0, 0.1) is 13.8 Å². The Morgan fingerprint density at radius 2 is 1.45 bits per heavy atom. The standard InChI is InChI=1S/C18H22ClNO2/c1-13-5-6-16(12-18(13)20)22-10-4-3-9-21-15-7-8-17(19)14(2)11-15/h5-8,11-12H,3-4,9-10,20H2,1-2H3. The minimum absolute atomic E-state index is 0.658. The maximum atomic E-state index is 5.98. The molecule has 4 heteroatoms. The van der Waals surface area contributed by atoms with Gasteiger partial charge in [0.05, 0.1) is 13.2 Å². The molecule has 0 aliphatic carbocycles. The molecule has 0 radical (unpaired) electrons. The van der Waals surface area contributed by atoms with Gasteiger partial charge < -0.3 is 15.2 Å². The van der Waals surface area contributed by atoms with Gasteiger partial charge in [0.1, 0.15) is 11.5 Å². The predicted molar refractivity (Wildman–Crippen MR) is 92.0 cm³/mol. The average Bonchev–Trinajstić information content (AvgIpc) is 2.50. The van der Waals surface area contributed by atoms with Gasteiger partial charge in [-0.05, 0) is 62.1 Å². The summed E-state index contributed by atoms with van der Waals surface area (Å²) in [5.41, 5.74) is 8.71. The molecule has 118 valence electrons. The molecule has 0 aromatic heterocycles. The van der Waals surface area contributed by atoms with E-state index in [0.717, 1.165) is 46.2 Å². The summed E-state index contributed by atoms with van der Waals surface area (Å²) in [5.74, 6) is 1.67. The summed E-state index contributed by atoms with van der Waals surface area (Å²) < 4.78 is 11.4. The summed E-state index contributed by atoms with van der Waals surface area (Å²) in [6, 6.07) is 11.5. The van der Waals surface area contributed by atoms with Gasteiger partial charge in [-0.15, -0.1) is 0 Å². The summed E-state index contributed by atoms with van der Waals surface area (Å²) in [5, 5.41) is 0.762. The highest BCUT2D eigenvalue weighted by Crippen LogP contribution is 2.21. The van der Waals surface area contributed by atoms with Crippen molar-refractivity contribution >= 4 is 17.3 Å². The Bertz CT molecular complexity index is 573. The van der Waals surface area contributed by atoms with Crippen molar-refractivity contribution in [1.82, 2.24) is 0 Å². The topological polar surface area (TPSA) is 44.5 Å². The highest BCUT2D eigenvalue weighted by Gasteiger charge is 2.00. The number of nitrogens with two attached hydrogens (primary N) is 1. The molecular weight excluding hydrogens is 298 g/mol. The van der Waals surface area contributed by atoms with Gasteiger partial charge >= 0.3 is 0 Å². The summed E-state index contributed by atoms with van der Waals surface area (Å²) in [6.45, 7) is 5.28. The second-order valence-electron chi connectivity index (χ2n) is 5.33. The summed E-state index contributed by atoms with van der Waals surface area (Å²) in [4.78, 5) is 0. The number of aryl methyl sites for hydroxylation is 2. The molecule has 0 spiro atoms. The van der Waals surface area contributed by atoms with Gasteiger partial charge in [-0.1, -0.05) is 17.7 Å². The zero-order valence-electron chi connectivity index (χ0n) is 13.1. The van der Waals surface area contributed by atoms with Crippen LogP contribution in [0.15, 0.2) is 36.4 Å². The fraction of sp³-hybridized carbons (Fsp3) is 0.333. The quantitative estimate of drug-likeness (QED) is 0.590. The van der Waals surface area contributed by atoms with E-state index in [1.54, 1.807) is 0 Å². The number of anilines is 1. The third kappa shape index (κ3) is 4.85. The number of unbranched alkanes of at least 4 members (excludes halogenated alkanes) is 1.